The van der Waals surface area contributed by atoms with Crippen LogP contribution in [0, 0.1) is 0 Å². The first-order valence-corrected chi connectivity index (χ1v) is 10.4. The van der Waals surface area contributed by atoms with Crippen LogP contribution in [0.25, 0.3) is 0 Å². The summed E-state index contributed by atoms with van der Waals surface area (Å²) in [5.41, 5.74) is 0.962. The number of hydrogen-bond acceptors (Lipinski definition) is 6. The van der Waals surface area contributed by atoms with Crippen molar-refractivity contribution < 1.29 is 23.9 Å². The quantitative estimate of drug-likeness (QED) is 0.406. The first kappa shape index (κ1) is 22.0. The zero-order chi connectivity index (χ0) is 22.2. The summed E-state index contributed by atoms with van der Waals surface area (Å²) in [7, 11) is 1.50. The number of thiophene rings is 1. The Morgan fingerprint density at radius 1 is 1.00 bits per heavy atom. The third-order valence-corrected chi connectivity index (χ3v) is 5.32. The molecule has 2 N–H and O–H groups in total. The van der Waals surface area contributed by atoms with Crippen molar-refractivity contribution in [2.75, 3.05) is 12.4 Å². The number of anilines is 1. The summed E-state index contributed by atoms with van der Waals surface area (Å²) in [5, 5.41) is 7.43. The average Bonchev–Trinajstić information content (AvgIpc) is 3.29. The number of hydrogen-bond donors (Lipinski definition) is 2. The number of benzene rings is 2. The molecule has 0 bridgehead atoms. The summed E-state index contributed by atoms with van der Waals surface area (Å²) in [6.45, 7) is 1.41. The lowest BCUT2D eigenvalue weighted by Gasteiger charge is -2.15. The number of amides is 2. The van der Waals surface area contributed by atoms with Crippen LogP contribution >= 0.6 is 11.3 Å². The van der Waals surface area contributed by atoms with Gasteiger partial charge < -0.3 is 20.1 Å². The van der Waals surface area contributed by atoms with Gasteiger partial charge in [0.25, 0.3) is 5.91 Å². The van der Waals surface area contributed by atoms with Crippen LogP contribution in [0.1, 0.15) is 34.6 Å². The molecule has 0 saturated carbocycles. The highest BCUT2D eigenvalue weighted by atomic mass is 32.1. The maximum atomic E-state index is 12.5. The van der Waals surface area contributed by atoms with E-state index in [1.165, 1.54) is 25.4 Å². The van der Waals surface area contributed by atoms with Gasteiger partial charge in [0, 0.05) is 17.5 Å². The fourth-order valence-electron chi connectivity index (χ4n) is 2.93. The Balaban J connectivity index is 1.60. The normalized spacial score (nSPS) is 11.3. The van der Waals surface area contributed by atoms with Crippen molar-refractivity contribution in [3.05, 3.63) is 76.5 Å². The maximum Gasteiger partial charge on any atom is 0.313 e. The second kappa shape index (κ2) is 10.4. The van der Waals surface area contributed by atoms with Gasteiger partial charge in [0.05, 0.1) is 25.1 Å². The van der Waals surface area contributed by atoms with Crippen LogP contribution < -0.4 is 20.1 Å². The van der Waals surface area contributed by atoms with Crippen LogP contribution in [0.15, 0.2) is 66.0 Å². The third kappa shape index (κ3) is 6.16. The van der Waals surface area contributed by atoms with E-state index in [2.05, 4.69) is 10.6 Å². The fourth-order valence-corrected chi connectivity index (χ4v) is 3.71. The SMILES string of the molecule is COc1ccccc1C(=O)Nc1ccc(OC(=O)CC(NC(C)=O)c2cccs2)cc1. The molecule has 0 radical (unpaired) electrons. The van der Waals surface area contributed by atoms with E-state index >= 15 is 0 Å². The Labute approximate surface area is 184 Å². The van der Waals surface area contributed by atoms with E-state index in [4.69, 9.17) is 9.47 Å². The largest absolute Gasteiger partial charge is 0.496 e. The summed E-state index contributed by atoms with van der Waals surface area (Å²) < 4.78 is 10.6. The Morgan fingerprint density at radius 2 is 1.74 bits per heavy atom. The predicted octanol–water partition coefficient (Wildman–Crippen LogP) is 4.18. The molecule has 7 nitrogen and oxygen atoms in total. The molecule has 1 heterocycles. The molecular formula is C23H22N2O5S. The van der Waals surface area contributed by atoms with Crippen molar-refractivity contribution in [3.63, 3.8) is 0 Å². The van der Waals surface area contributed by atoms with Crippen molar-refractivity contribution in [1.82, 2.24) is 5.32 Å². The molecule has 0 aliphatic rings. The second-order valence-electron chi connectivity index (χ2n) is 6.63. The van der Waals surface area contributed by atoms with Gasteiger partial charge in [-0.1, -0.05) is 18.2 Å². The highest BCUT2D eigenvalue weighted by molar-refractivity contribution is 7.10. The first-order valence-electron chi connectivity index (χ1n) is 9.52. The zero-order valence-corrected chi connectivity index (χ0v) is 17.9. The van der Waals surface area contributed by atoms with Gasteiger partial charge in [-0.15, -0.1) is 11.3 Å². The molecule has 0 aliphatic carbocycles. The molecule has 1 atom stereocenters. The van der Waals surface area contributed by atoms with Crippen molar-refractivity contribution in [1.29, 1.82) is 0 Å². The number of carbonyl (C=O) groups is 3. The second-order valence-corrected chi connectivity index (χ2v) is 7.60. The van der Waals surface area contributed by atoms with Crippen LogP contribution in [-0.4, -0.2) is 24.9 Å². The molecule has 0 saturated heterocycles. The highest BCUT2D eigenvalue weighted by Gasteiger charge is 2.19. The van der Waals surface area contributed by atoms with Gasteiger partial charge >= 0.3 is 5.97 Å². The average molecular weight is 439 g/mol. The lowest BCUT2D eigenvalue weighted by atomic mass is 10.1. The summed E-state index contributed by atoms with van der Waals surface area (Å²) in [4.78, 5) is 37.2. The van der Waals surface area contributed by atoms with Gasteiger partial charge in [-0.25, -0.2) is 0 Å². The van der Waals surface area contributed by atoms with Crippen molar-refractivity contribution in [2.45, 2.75) is 19.4 Å². The molecule has 2 amide bonds. The van der Waals surface area contributed by atoms with E-state index in [9.17, 15) is 14.4 Å². The van der Waals surface area contributed by atoms with Crippen LogP contribution in [0.2, 0.25) is 0 Å². The van der Waals surface area contributed by atoms with E-state index in [0.29, 0.717) is 22.7 Å². The van der Waals surface area contributed by atoms with Crippen molar-refractivity contribution in [2.24, 2.45) is 0 Å². The van der Waals surface area contributed by atoms with Gasteiger partial charge in [-0.2, -0.15) is 0 Å². The lowest BCUT2D eigenvalue weighted by molar-refractivity contribution is -0.135. The van der Waals surface area contributed by atoms with Crippen molar-refractivity contribution >= 4 is 34.8 Å². The molecule has 0 aliphatic heterocycles. The molecule has 160 valence electrons. The number of para-hydroxylation sites is 1. The molecule has 1 aromatic heterocycles. The molecule has 3 aromatic rings. The minimum Gasteiger partial charge on any atom is -0.496 e. The molecule has 1 unspecified atom stereocenters. The molecule has 31 heavy (non-hydrogen) atoms. The predicted molar refractivity (Wildman–Crippen MR) is 119 cm³/mol. The molecular weight excluding hydrogens is 416 g/mol. The number of rotatable bonds is 8. The molecule has 8 heteroatoms. The summed E-state index contributed by atoms with van der Waals surface area (Å²) in [5.74, 6) is -0.186. The monoisotopic (exact) mass is 438 g/mol. The zero-order valence-electron chi connectivity index (χ0n) is 17.1. The topological polar surface area (TPSA) is 93.7 Å². The Hall–Kier alpha value is -3.65. The van der Waals surface area contributed by atoms with E-state index in [1.807, 2.05) is 17.5 Å². The van der Waals surface area contributed by atoms with E-state index < -0.39 is 12.0 Å². The molecule has 2 aromatic carbocycles. The Morgan fingerprint density at radius 3 is 2.39 bits per heavy atom. The number of methoxy groups -OCH3 is 1. The standard InChI is InChI=1S/C23H22N2O5S/c1-15(26)24-19(21-8-5-13-31-21)14-22(27)30-17-11-9-16(10-12-17)25-23(28)18-6-3-4-7-20(18)29-2/h3-13,19H,14H2,1-2H3,(H,24,26)(H,25,28). The van der Waals surface area contributed by atoms with Crippen LogP contribution in [0.3, 0.4) is 0 Å². The van der Waals surface area contributed by atoms with Crippen LogP contribution in [0.5, 0.6) is 11.5 Å². The van der Waals surface area contributed by atoms with E-state index in [-0.39, 0.29) is 18.2 Å². The number of ether oxygens (including phenoxy) is 2. The minimum absolute atomic E-state index is 0.00633. The maximum absolute atomic E-state index is 12.5. The third-order valence-electron chi connectivity index (χ3n) is 4.33. The minimum atomic E-state index is -0.474. The molecule has 0 spiro atoms. The van der Waals surface area contributed by atoms with Gasteiger partial charge in [0.2, 0.25) is 5.91 Å². The molecule has 3 rings (SSSR count). The lowest BCUT2D eigenvalue weighted by Crippen LogP contribution is -2.28. The Bertz CT molecular complexity index is 1050. The summed E-state index contributed by atoms with van der Waals surface area (Å²) in [6.07, 6.45) is 0.00633. The Kier molecular flexibility index (Phi) is 7.40. The number of esters is 1. The fraction of sp³-hybridized carbons (Fsp3) is 0.174. The van der Waals surface area contributed by atoms with Gasteiger partial charge in [-0.05, 0) is 47.8 Å². The highest BCUT2D eigenvalue weighted by Crippen LogP contribution is 2.24. The number of nitrogens with one attached hydrogen (secondary N) is 2. The first-order chi connectivity index (χ1) is 15.0. The summed E-state index contributed by atoms with van der Waals surface area (Å²) in [6, 6.07) is 16.7. The van der Waals surface area contributed by atoms with Crippen molar-refractivity contribution in [3.8, 4) is 11.5 Å². The van der Waals surface area contributed by atoms with Gasteiger partial charge in [0.15, 0.2) is 0 Å². The van der Waals surface area contributed by atoms with Gasteiger partial charge in [0.1, 0.15) is 11.5 Å². The van der Waals surface area contributed by atoms with Crippen LogP contribution in [0.4, 0.5) is 5.69 Å². The van der Waals surface area contributed by atoms with E-state index in [0.717, 1.165) is 4.88 Å². The van der Waals surface area contributed by atoms with Gasteiger partial charge in [-0.3, -0.25) is 14.4 Å². The van der Waals surface area contributed by atoms with Crippen LogP contribution in [-0.2, 0) is 9.59 Å². The van der Waals surface area contributed by atoms with E-state index in [1.54, 1.807) is 48.5 Å². The molecule has 0 fully saturated rings. The number of carbonyl (C=O) groups excluding carboxylic acids is 3. The summed E-state index contributed by atoms with van der Waals surface area (Å²) >= 11 is 1.46. The smallest absolute Gasteiger partial charge is 0.313 e.